The third-order valence-corrected chi connectivity index (χ3v) is 3.35. The van der Waals surface area contributed by atoms with Crippen LogP contribution in [-0.4, -0.2) is 28.4 Å². The van der Waals surface area contributed by atoms with Gasteiger partial charge in [-0.05, 0) is 32.1 Å². The molecule has 1 aliphatic rings. The quantitative estimate of drug-likeness (QED) is 0.388. The third-order valence-electron chi connectivity index (χ3n) is 2.72. The standard InChI is InChI=1S/C12H16N4O2S/c1-2-18-12(17)10-11(19-16-14-10)15-13-8-9-6-4-3-5-7-9/h3-4,8-9,15H,2,5-7H2,1H3/b13-8-/t9-/m0/s1. The van der Waals surface area contributed by atoms with Crippen LogP contribution >= 0.6 is 11.5 Å². The maximum absolute atomic E-state index is 11.6. The van der Waals surface area contributed by atoms with Crippen LogP contribution in [0.3, 0.4) is 0 Å². The van der Waals surface area contributed by atoms with E-state index in [1.165, 1.54) is 0 Å². The highest BCUT2D eigenvalue weighted by Gasteiger charge is 2.17. The van der Waals surface area contributed by atoms with Gasteiger partial charge in [-0.25, -0.2) is 4.79 Å². The van der Waals surface area contributed by atoms with E-state index >= 15 is 0 Å². The molecule has 6 nitrogen and oxygen atoms in total. The molecule has 0 saturated heterocycles. The fraction of sp³-hybridized carbons (Fsp3) is 0.500. The first-order valence-corrected chi connectivity index (χ1v) is 7.02. The van der Waals surface area contributed by atoms with E-state index in [9.17, 15) is 4.79 Å². The first-order chi connectivity index (χ1) is 9.31. The normalized spacial score (nSPS) is 18.7. The number of hydrazone groups is 1. The number of nitrogens with zero attached hydrogens (tertiary/aromatic N) is 3. The lowest BCUT2D eigenvalue weighted by Crippen LogP contribution is -2.08. The van der Waals surface area contributed by atoms with E-state index in [0.717, 1.165) is 30.8 Å². The van der Waals surface area contributed by atoms with Crippen molar-refractivity contribution in [1.82, 2.24) is 9.59 Å². The molecule has 0 aromatic carbocycles. The summed E-state index contributed by atoms with van der Waals surface area (Å²) in [6.45, 7) is 2.06. The molecule has 1 aliphatic carbocycles. The molecule has 1 N–H and O–H groups in total. The molecule has 1 aromatic rings. The van der Waals surface area contributed by atoms with Gasteiger partial charge < -0.3 is 4.74 Å². The predicted molar refractivity (Wildman–Crippen MR) is 74.5 cm³/mol. The number of anilines is 1. The Labute approximate surface area is 115 Å². The summed E-state index contributed by atoms with van der Waals surface area (Å²) in [5.74, 6) is -0.0287. The SMILES string of the molecule is CCOC(=O)c1nnsc1N/N=C\[C@H]1CC=CCC1. The molecule has 0 spiro atoms. The molecular weight excluding hydrogens is 264 g/mol. The van der Waals surface area contributed by atoms with Crippen molar-refractivity contribution in [3.8, 4) is 0 Å². The Hall–Kier alpha value is -1.76. The zero-order chi connectivity index (χ0) is 13.5. The average Bonchev–Trinajstić information content (AvgIpc) is 2.89. The van der Waals surface area contributed by atoms with Crippen LogP contribution in [0, 0.1) is 5.92 Å². The molecule has 2 rings (SSSR count). The monoisotopic (exact) mass is 280 g/mol. The van der Waals surface area contributed by atoms with E-state index in [-0.39, 0.29) is 5.69 Å². The number of ether oxygens (including phenoxy) is 1. The molecule has 0 fully saturated rings. The van der Waals surface area contributed by atoms with E-state index in [2.05, 4.69) is 32.3 Å². The van der Waals surface area contributed by atoms with Gasteiger partial charge in [-0.3, -0.25) is 5.43 Å². The van der Waals surface area contributed by atoms with Crippen molar-refractivity contribution in [2.24, 2.45) is 11.0 Å². The fourth-order valence-corrected chi connectivity index (χ4v) is 2.26. The Morgan fingerprint density at radius 3 is 3.32 bits per heavy atom. The molecular formula is C12H16N4O2S. The van der Waals surface area contributed by atoms with Crippen LogP contribution in [0.4, 0.5) is 5.00 Å². The van der Waals surface area contributed by atoms with Crippen LogP contribution in [0.1, 0.15) is 36.7 Å². The maximum Gasteiger partial charge on any atom is 0.362 e. The second-order valence-corrected chi connectivity index (χ2v) is 4.86. The van der Waals surface area contributed by atoms with Crippen LogP contribution < -0.4 is 5.43 Å². The number of allylic oxidation sites excluding steroid dienone is 2. The molecule has 0 aliphatic heterocycles. The van der Waals surface area contributed by atoms with Crippen LogP contribution in [0.15, 0.2) is 17.3 Å². The molecule has 0 amide bonds. The summed E-state index contributed by atoms with van der Waals surface area (Å²) < 4.78 is 8.62. The molecule has 0 unspecified atom stereocenters. The second-order valence-electron chi connectivity index (χ2n) is 4.11. The topological polar surface area (TPSA) is 76.5 Å². The number of carbonyl (C=O) groups is 1. The maximum atomic E-state index is 11.6. The third kappa shape index (κ3) is 3.85. The molecule has 7 heteroatoms. The van der Waals surface area contributed by atoms with Crippen molar-refractivity contribution in [3.63, 3.8) is 0 Å². The van der Waals surface area contributed by atoms with E-state index in [4.69, 9.17) is 4.74 Å². The summed E-state index contributed by atoms with van der Waals surface area (Å²) in [6.07, 6.45) is 9.43. The van der Waals surface area contributed by atoms with E-state index in [0.29, 0.717) is 17.5 Å². The van der Waals surface area contributed by atoms with Gasteiger partial charge in [0, 0.05) is 17.7 Å². The molecule has 1 heterocycles. The summed E-state index contributed by atoms with van der Waals surface area (Å²) in [4.78, 5) is 11.6. The largest absolute Gasteiger partial charge is 0.461 e. The van der Waals surface area contributed by atoms with Gasteiger partial charge in [-0.2, -0.15) is 5.10 Å². The number of hydrogen-bond acceptors (Lipinski definition) is 7. The Bertz CT molecular complexity index is 484. The Balaban J connectivity index is 1.92. The lowest BCUT2D eigenvalue weighted by molar-refractivity contribution is 0.0520. The zero-order valence-electron chi connectivity index (χ0n) is 10.7. The Morgan fingerprint density at radius 2 is 2.58 bits per heavy atom. The Morgan fingerprint density at radius 1 is 1.68 bits per heavy atom. The van der Waals surface area contributed by atoms with E-state index < -0.39 is 5.97 Å². The van der Waals surface area contributed by atoms with E-state index in [1.54, 1.807) is 6.92 Å². The van der Waals surface area contributed by atoms with Gasteiger partial charge in [0.25, 0.3) is 0 Å². The second kappa shape index (κ2) is 6.98. The average molecular weight is 280 g/mol. The minimum Gasteiger partial charge on any atom is -0.461 e. The Kier molecular flexibility index (Phi) is 5.02. The highest BCUT2D eigenvalue weighted by molar-refractivity contribution is 7.10. The smallest absolute Gasteiger partial charge is 0.362 e. The van der Waals surface area contributed by atoms with Crippen LogP contribution in [-0.2, 0) is 4.74 Å². The lowest BCUT2D eigenvalue weighted by Gasteiger charge is -2.11. The summed E-state index contributed by atoms with van der Waals surface area (Å²) in [7, 11) is 0. The van der Waals surface area contributed by atoms with Gasteiger partial charge in [0.2, 0.25) is 5.69 Å². The highest BCUT2D eigenvalue weighted by atomic mass is 32.1. The molecule has 19 heavy (non-hydrogen) atoms. The van der Waals surface area contributed by atoms with E-state index in [1.807, 2.05) is 6.21 Å². The molecule has 1 atom stereocenters. The molecule has 0 saturated carbocycles. The number of carbonyl (C=O) groups excluding carboxylic acids is 1. The van der Waals surface area contributed by atoms with Gasteiger partial charge in [-0.15, -0.1) is 5.10 Å². The number of hydrogen-bond donors (Lipinski definition) is 1. The van der Waals surface area contributed by atoms with Crippen LogP contribution in [0.25, 0.3) is 0 Å². The van der Waals surface area contributed by atoms with Crippen LogP contribution in [0.5, 0.6) is 0 Å². The minimum absolute atomic E-state index is 0.188. The lowest BCUT2D eigenvalue weighted by atomic mass is 9.96. The van der Waals surface area contributed by atoms with Crippen molar-refractivity contribution >= 4 is 28.7 Å². The number of nitrogens with one attached hydrogen (secondary N) is 1. The number of rotatable bonds is 5. The summed E-state index contributed by atoms with van der Waals surface area (Å²) in [6, 6.07) is 0. The van der Waals surface area contributed by atoms with Gasteiger partial charge in [-0.1, -0.05) is 16.6 Å². The molecule has 0 bridgehead atoms. The van der Waals surface area contributed by atoms with Gasteiger partial charge >= 0.3 is 5.97 Å². The van der Waals surface area contributed by atoms with Gasteiger partial charge in [0.05, 0.1) is 6.61 Å². The zero-order valence-corrected chi connectivity index (χ0v) is 11.5. The number of aromatic nitrogens is 2. The highest BCUT2D eigenvalue weighted by Crippen LogP contribution is 2.19. The molecule has 1 aromatic heterocycles. The predicted octanol–water partition coefficient (Wildman–Crippen LogP) is 2.47. The summed E-state index contributed by atoms with van der Waals surface area (Å²) in [5.41, 5.74) is 3.01. The van der Waals surface area contributed by atoms with Crippen LogP contribution in [0.2, 0.25) is 0 Å². The van der Waals surface area contributed by atoms with Crippen molar-refractivity contribution in [2.75, 3.05) is 12.0 Å². The van der Waals surface area contributed by atoms with Crippen molar-refractivity contribution in [3.05, 3.63) is 17.8 Å². The number of esters is 1. The van der Waals surface area contributed by atoms with Crippen molar-refractivity contribution in [2.45, 2.75) is 26.2 Å². The van der Waals surface area contributed by atoms with Gasteiger partial charge in [0.15, 0.2) is 5.00 Å². The van der Waals surface area contributed by atoms with Crippen molar-refractivity contribution in [1.29, 1.82) is 0 Å². The molecule has 102 valence electrons. The molecule has 0 radical (unpaired) electrons. The first-order valence-electron chi connectivity index (χ1n) is 6.25. The summed E-state index contributed by atoms with van der Waals surface area (Å²) in [5, 5.41) is 8.42. The van der Waals surface area contributed by atoms with Crippen molar-refractivity contribution < 1.29 is 9.53 Å². The minimum atomic E-state index is -0.477. The summed E-state index contributed by atoms with van der Waals surface area (Å²) >= 11 is 1.09. The fourth-order valence-electron chi connectivity index (χ4n) is 1.75. The van der Waals surface area contributed by atoms with Gasteiger partial charge in [0.1, 0.15) is 0 Å². The first kappa shape index (κ1) is 13.7.